The van der Waals surface area contributed by atoms with E-state index in [1.807, 2.05) is 10.7 Å². The molecule has 33 heavy (non-hydrogen) atoms. The minimum absolute atomic E-state index is 0.175. The summed E-state index contributed by atoms with van der Waals surface area (Å²) < 4.78 is 47.9. The molecule has 1 saturated heterocycles. The van der Waals surface area contributed by atoms with Crippen molar-refractivity contribution >= 4 is 5.82 Å². The maximum Gasteiger partial charge on any atom is 0.419 e. The molecule has 2 saturated carbocycles. The van der Waals surface area contributed by atoms with Crippen LogP contribution in [0, 0.1) is 11.8 Å². The lowest BCUT2D eigenvalue weighted by Gasteiger charge is -2.28. The van der Waals surface area contributed by atoms with Gasteiger partial charge in [0, 0.05) is 48.6 Å². The summed E-state index contributed by atoms with van der Waals surface area (Å²) in [6.45, 7) is 6.90. The van der Waals surface area contributed by atoms with Gasteiger partial charge in [0.2, 0.25) is 0 Å². The monoisotopic (exact) mass is 463 g/mol. The summed E-state index contributed by atoms with van der Waals surface area (Å²) in [5.74, 6) is 1.14. The van der Waals surface area contributed by atoms with E-state index in [0.717, 1.165) is 57.3 Å². The number of aromatic nitrogens is 3. The Balaban J connectivity index is 1.39. The van der Waals surface area contributed by atoms with Gasteiger partial charge < -0.3 is 10.5 Å². The zero-order valence-electron chi connectivity index (χ0n) is 19.2. The van der Waals surface area contributed by atoms with Crippen molar-refractivity contribution in [2.24, 2.45) is 11.8 Å². The fraction of sp³-hybridized carbons (Fsp3) is 0.667. The number of halogens is 3. The average molecular weight is 464 g/mol. The molecule has 3 aliphatic rings. The van der Waals surface area contributed by atoms with Crippen LogP contribution in [0.15, 0.2) is 18.3 Å². The molecule has 2 N–H and O–H groups in total. The van der Waals surface area contributed by atoms with E-state index in [9.17, 15) is 13.2 Å². The molecule has 0 bridgehead atoms. The molecule has 2 aromatic heterocycles. The van der Waals surface area contributed by atoms with Crippen molar-refractivity contribution in [3.8, 4) is 11.3 Å². The summed E-state index contributed by atoms with van der Waals surface area (Å²) >= 11 is 0. The smallest absolute Gasteiger partial charge is 0.383 e. The fourth-order valence-corrected chi connectivity index (χ4v) is 5.77. The Labute approximate surface area is 192 Å². The van der Waals surface area contributed by atoms with Gasteiger partial charge in [0.05, 0.1) is 18.0 Å². The third kappa shape index (κ3) is 4.25. The maximum atomic E-state index is 13.4. The van der Waals surface area contributed by atoms with Crippen molar-refractivity contribution in [3.63, 3.8) is 0 Å². The van der Waals surface area contributed by atoms with Crippen molar-refractivity contribution in [2.45, 2.75) is 70.1 Å². The molecule has 0 spiro atoms. The van der Waals surface area contributed by atoms with E-state index in [1.54, 1.807) is 0 Å². The summed E-state index contributed by atoms with van der Waals surface area (Å²) in [6, 6.07) is 3.79. The van der Waals surface area contributed by atoms with Crippen molar-refractivity contribution in [3.05, 3.63) is 29.6 Å². The van der Waals surface area contributed by atoms with Gasteiger partial charge in [-0.15, -0.1) is 0 Å². The van der Waals surface area contributed by atoms with Crippen LogP contribution in [0.5, 0.6) is 0 Å². The first-order chi connectivity index (χ1) is 15.8. The van der Waals surface area contributed by atoms with E-state index in [1.165, 1.54) is 12.6 Å². The van der Waals surface area contributed by atoms with Crippen LogP contribution < -0.4 is 5.73 Å². The van der Waals surface area contributed by atoms with Gasteiger partial charge in [-0.1, -0.05) is 6.92 Å². The van der Waals surface area contributed by atoms with E-state index in [-0.39, 0.29) is 6.04 Å². The summed E-state index contributed by atoms with van der Waals surface area (Å²) in [5.41, 5.74) is 6.61. The second-order valence-electron chi connectivity index (χ2n) is 9.85. The second kappa shape index (κ2) is 8.58. The standard InChI is InChI=1S/C24H32F3N5O/c1-3-14(2)32-21(11-20(30-32)15-8-19(24(25,26)27)23(28)29-12-15)22-17-9-16(10-18(17)22)31-6-4-5-7-33-13-31/h8,11-12,14,16-18,22H,3-7,9-10,13H2,1-2H3,(H2,28,29). The normalized spacial score (nSPS) is 29.0. The number of hydrogen-bond donors (Lipinski definition) is 1. The molecule has 180 valence electrons. The quantitative estimate of drug-likeness (QED) is 0.670. The molecule has 6 nitrogen and oxygen atoms in total. The van der Waals surface area contributed by atoms with Crippen LogP contribution in [0.1, 0.15) is 69.2 Å². The highest BCUT2D eigenvalue weighted by Gasteiger charge is 2.58. The van der Waals surface area contributed by atoms with Gasteiger partial charge >= 0.3 is 6.18 Å². The zero-order valence-corrected chi connectivity index (χ0v) is 19.2. The van der Waals surface area contributed by atoms with Crippen LogP contribution >= 0.6 is 0 Å². The third-order valence-electron chi connectivity index (χ3n) is 7.81. The molecule has 2 aliphatic carbocycles. The Morgan fingerprint density at radius 3 is 2.67 bits per heavy atom. The van der Waals surface area contributed by atoms with Gasteiger partial charge in [-0.05, 0) is 63.0 Å². The minimum Gasteiger partial charge on any atom is -0.383 e. The predicted molar refractivity (Wildman–Crippen MR) is 119 cm³/mol. The lowest BCUT2D eigenvalue weighted by Crippen LogP contribution is -2.36. The summed E-state index contributed by atoms with van der Waals surface area (Å²) in [5, 5.41) is 4.75. The van der Waals surface area contributed by atoms with Gasteiger partial charge in [0.25, 0.3) is 0 Å². The topological polar surface area (TPSA) is 69.2 Å². The number of hydrogen-bond acceptors (Lipinski definition) is 5. The van der Waals surface area contributed by atoms with Gasteiger partial charge in [-0.2, -0.15) is 18.3 Å². The second-order valence-corrected chi connectivity index (χ2v) is 9.85. The van der Waals surface area contributed by atoms with Crippen molar-refractivity contribution < 1.29 is 17.9 Å². The highest BCUT2D eigenvalue weighted by atomic mass is 19.4. The number of alkyl halides is 3. The van der Waals surface area contributed by atoms with E-state index in [0.29, 0.717) is 35.1 Å². The van der Waals surface area contributed by atoms with Crippen molar-refractivity contribution in [1.29, 1.82) is 0 Å². The first kappa shape index (κ1) is 22.7. The molecule has 3 atom stereocenters. The van der Waals surface area contributed by atoms with Gasteiger partial charge in [0.1, 0.15) is 5.82 Å². The molecule has 0 amide bonds. The van der Waals surface area contributed by atoms with Crippen molar-refractivity contribution in [2.75, 3.05) is 25.6 Å². The first-order valence-corrected chi connectivity index (χ1v) is 12.0. The number of nitrogens with two attached hydrogens (primary N) is 1. The third-order valence-corrected chi connectivity index (χ3v) is 7.81. The Bertz CT molecular complexity index is 986. The Hall–Kier alpha value is -2.13. The Morgan fingerprint density at radius 1 is 1.21 bits per heavy atom. The zero-order chi connectivity index (χ0) is 23.3. The van der Waals surface area contributed by atoms with Crippen LogP contribution in [0.4, 0.5) is 19.0 Å². The van der Waals surface area contributed by atoms with Crippen LogP contribution in [0.3, 0.4) is 0 Å². The Morgan fingerprint density at radius 2 is 1.97 bits per heavy atom. The number of fused-ring (bicyclic) bond motifs is 1. The summed E-state index contributed by atoms with van der Waals surface area (Å²) in [6.07, 6.45) is 2.37. The predicted octanol–water partition coefficient (Wildman–Crippen LogP) is 5.08. The molecule has 9 heteroatoms. The maximum absolute atomic E-state index is 13.4. The van der Waals surface area contributed by atoms with Crippen LogP contribution in [-0.2, 0) is 10.9 Å². The molecule has 3 heterocycles. The molecule has 1 aliphatic heterocycles. The minimum atomic E-state index is -4.55. The van der Waals surface area contributed by atoms with Gasteiger partial charge in [0.15, 0.2) is 0 Å². The average Bonchev–Trinajstić information content (AvgIpc) is 3.12. The molecule has 2 aromatic rings. The highest BCUT2D eigenvalue weighted by molar-refractivity contribution is 5.63. The highest BCUT2D eigenvalue weighted by Crippen LogP contribution is 2.64. The lowest BCUT2D eigenvalue weighted by atomic mass is 10.0. The molecular formula is C24H32F3N5O. The number of rotatable bonds is 5. The molecular weight excluding hydrogens is 431 g/mol. The first-order valence-electron chi connectivity index (χ1n) is 12.0. The molecule has 5 rings (SSSR count). The fourth-order valence-electron chi connectivity index (χ4n) is 5.77. The summed E-state index contributed by atoms with van der Waals surface area (Å²) in [4.78, 5) is 6.30. The number of nitrogen functional groups attached to an aromatic ring is 1. The number of nitrogens with zero attached hydrogens (tertiary/aromatic N) is 4. The van der Waals surface area contributed by atoms with Crippen LogP contribution in [0.2, 0.25) is 0 Å². The molecule has 0 aromatic carbocycles. The van der Waals surface area contributed by atoms with Gasteiger partial charge in [-0.25, -0.2) is 4.98 Å². The van der Waals surface area contributed by atoms with E-state index >= 15 is 0 Å². The van der Waals surface area contributed by atoms with Gasteiger partial charge in [-0.3, -0.25) is 9.58 Å². The SMILES string of the molecule is CCC(C)n1nc(-c2cnc(N)c(C(F)(F)F)c2)cc1C1C2CC(N3CCCCOC3)CC21. The number of pyridine rings is 1. The van der Waals surface area contributed by atoms with E-state index in [4.69, 9.17) is 15.6 Å². The van der Waals surface area contributed by atoms with Crippen LogP contribution in [0.25, 0.3) is 11.3 Å². The molecule has 0 radical (unpaired) electrons. The summed E-state index contributed by atoms with van der Waals surface area (Å²) in [7, 11) is 0. The number of anilines is 1. The Kier molecular flexibility index (Phi) is 5.89. The molecule has 3 unspecified atom stereocenters. The largest absolute Gasteiger partial charge is 0.419 e. The van der Waals surface area contributed by atoms with Crippen molar-refractivity contribution in [1.82, 2.24) is 19.7 Å². The van der Waals surface area contributed by atoms with Crippen LogP contribution in [-0.4, -0.2) is 45.6 Å². The molecule has 3 fully saturated rings. The number of ether oxygens (including phenoxy) is 1. The van der Waals surface area contributed by atoms with E-state index < -0.39 is 17.6 Å². The van der Waals surface area contributed by atoms with E-state index in [2.05, 4.69) is 23.7 Å². The lowest BCUT2D eigenvalue weighted by molar-refractivity contribution is -0.137.